The molecule has 1 fully saturated rings. The van der Waals surface area contributed by atoms with E-state index in [1.807, 2.05) is 0 Å². The first-order chi connectivity index (χ1) is 8.86. The second kappa shape index (κ2) is 5.16. The molecule has 2 nitrogen and oxygen atoms in total. The third-order valence-corrected chi connectivity index (χ3v) is 4.35. The van der Waals surface area contributed by atoms with Crippen molar-refractivity contribution in [2.75, 3.05) is 25.0 Å². The molecule has 0 saturated carbocycles. The fraction of sp³-hybridized carbons (Fsp3) is 0.647. The zero-order valence-electron chi connectivity index (χ0n) is 13.1. The summed E-state index contributed by atoms with van der Waals surface area (Å²) >= 11 is 0. The molecule has 1 aliphatic rings. The number of rotatable bonds is 2. The van der Waals surface area contributed by atoms with Crippen molar-refractivity contribution in [3.05, 3.63) is 29.8 Å². The van der Waals surface area contributed by atoms with Gasteiger partial charge in [-0.2, -0.15) is 0 Å². The number of nitrogens with one attached hydrogen (secondary N) is 1. The summed E-state index contributed by atoms with van der Waals surface area (Å²) in [7, 11) is 2.08. The largest absolute Gasteiger partial charge is 0.369 e. The fourth-order valence-electron chi connectivity index (χ4n) is 3.03. The molecule has 0 aliphatic carbocycles. The van der Waals surface area contributed by atoms with Crippen molar-refractivity contribution < 1.29 is 0 Å². The summed E-state index contributed by atoms with van der Waals surface area (Å²) in [5, 5.41) is 3.50. The van der Waals surface area contributed by atoms with E-state index in [1.54, 1.807) is 0 Å². The molecule has 0 amide bonds. The molecule has 0 spiro atoms. The zero-order chi connectivity index (χ0) is 14.1. The summed E-state index contributed by atoms with van der Waals surface area (Å²) in [6.07, 6.45) is 2.52. The number of piperidine rings is 1. The SMILES string of the molecule is CNC1(C)CCCN(c2ccccc2C(C)(C)C)C1. The monoisotopic (exact) mass is 260 g/mol. The lowest BCUT2D eigenvalue weighted by Gasteiger charge is -2.43. The molecular weight excluding hydrogens is 232 g/mol. The van der Waals surface area contributed by atoms with Crippen LogP contribution in [0.5, 0.6) is 0 Å². The van der Waals surface area contributed by atoms with Gasteiger partial charge in [-0.25, -0.2) is 0 Å². The quantitative estimate of drug-likeness (QED) is 0.874. The maximum absolute atomic E-state index is 3.50. The van der Waals surface area contributed by atoms with Gasteiger partial charge in [-0.1, -0.05) is 39.0 Å². The third-order valence-electron chi connectivity index (χ3n) is 4.35. The minimum Gasteiger partial charge on any atom is -0.369 e. The Balaban J connectivity index is 2.32. The van der Waals surface area contributed by atoms with Crippen LogP contribution in [0.15, 0.2) is 24.3 Å². The minimum absolute atomic E-state index is 0.198. The topological polar surface area (TPSA) is 15.3 Å². The van der Waals surface area contributed by atoms with Crippen molar-refractivity contribution >= 4 is 5.69 Å². The van der Waals surface area contributed by atoms with Crippen molar-refractivity contribution in [1.29, 1.82) is 0 Å². The number of nitrogens with zero attached hydrogens (tertiary/aromatic N) is 1. The summed E-state index contributed by atoms with van der Waals surface area (Å²) in [5.41, 5.74) is 3.30. The van der Waals surface area contributed by atoms with E-state index in [0.717, 1.165) is 6.54 Å². The molecule has 19 heavy (non-hydrogen) atoms. The number of hydrogen-bond donors (Lipinski definition) is 1. The summed E-state index contributed by atoms with van der Waals surface area (Å²) in [6, 6.07) is 8.88. The van der Waals surface area contributed by atoms with E-state index in [4.69, 9.17) is 0 Å². The predicted molar refractivity (Wildman–Crippen MR) is 84.1 cm³/mol. The molecule has 1 saturated heterocycles. The smallest absolute Gasteiger partial charge is 0.0404 e. The van der Waals surface area contributed by atoms with Crippen molar-refractivity contribution in [1.82, 2.24) is 5.32 Å². The van der Waals surface area contributed by atoms with Crippen LogP contribution in [0.2, 0.25) is 0 Å². The Kier molecular flexibility index (Phi) is 3.91. The van der Waals surface area contributed by atoms with E-state index in [1.165, 1.54) is 30.6 Å². The Morgan fingerprint density at radius 2 is 1.89 bits per heavy atom. The van der Waals surface area contributed by atoms with Gasteiger partial charge in [-0.15, -0.1) is 0 Å². The van der Waals surface area contributed by atoms with Crippen LogP contribution in [0.25, 0.3) is 0 Å². The van der Waals surface area contributed by atoms with Crippen molar-refractivity contribution in [3.8, 4) is 0 Å². The molecule has 1 aliphatic heterocycles. The highest BCUT2D eigenvalue weighted by atomic mass is 15.2. The van der Waals surface area contributed by atoms with Gasteiger partial charge in [0.15, 0.2) is 0 Å². The van der Waals surface area contributed by atoms with Gasteiger partial charge in [0, 0.05) is 24.3 Å². The normalized spacial score (nSPS) is 24.6. The summed E-state index contributed by atoms with van der Waals surface area (Å²) in [5.74, 6) is 0. The van der Waals surface area contributed by atoms with Gasteiger partial charge in [-0.3, -0.25) is 0 Å². The number of anilines is 1. The lowest BCUT2D eigenvalue weighted by Crippen LogP contribution is -2.54. The molecule has 1 N–H and O–H groups in total. The van der Waals surface area contributed by atoms with Gasteiger partial charge in [0.1, 0.15) is 0 Å². The zero-order valence-corrected chi connectivity index (χ0v) is 13.1. The minimum atomic E-state index is 0.198. The number of benzene rings is 1. The molecule has 1 unspecified atom stereocenters. The van der Waals surface area contributed by atoms with Crippen LogP contribution in [-0.4, -0.2) is 25.7 Å². The highest BCUT2D eigenvalue weighted by Gasteiger charge is 2.31. The molecule has 2 rings (SSSR count). The Bertz CT molecular complexity index is 433. The number of hydrogen-bond acceptors (Lipinski definition) is 2. The second-order valence-electron chi connectivity index (χ2n) is 7.10. The molecule has 0 bridgehead atoms. The molecule has 2 heteroatoms. The van der Waals surface area contributed by atoms with E-state index < -0.39 is 0 Å². The van der Waals surface area contributed by atoms with Crippen molar-refractivity contribution in [2.24, 2.45) is 0 Å². The first kappa shape index (κ1) is 14.4. The van der Waals surface area contributed by atoms with Crippen LogP contribution in [0.3, 0.4) is 0 Å². The van der Waals surface area contributed by atoms with Crippen LogP contribution in [0.4, 0.5) is 5.69 Å². The third kappa shape index (κ3) is 3.11. The summed E-state index contributed by atoms with van der Waals surface area (Å²) in [4.78, 5) is 2.56. The van der Waals surface area contributed by atoms with Gasteiger partial charge in [0.25, 0.3) is 0 Å². The Labute approximate surface area is 118 Å². The van der Waals surface area contributed by atoms with Crippen LogP contribution >= 0.6 is 0 Å². The van der Waals surface area contributed by atoms with Crippen LogP contribution in [0.1, 0.15) is 46.1 Å². The Morgan fingerprint density at radius 3 is 2.53 bits per heavy atom. The van der Waals surface area contributed by atoms with Crippen LogP contribution < -0.4 is 10.2 Å². The number of likely N-dealkylation sites (N-methyl/N-ethyl adjacent to an activating group) is 1. The van der Waals surface area contributed by atoms with E-state index >= 15 is 0 Å². The van der Waals surface area contributed by atoms with Gasteiger partial charge in [0.05, 0.1) is 0 Å². The van der Waals surface area contributed by atoms with Crippen LogP contribution in [0, 0.1) is 0 Å². The van der Waals surface area contributed by atoms with Crippen molar-refractivity contribution in [2.45, 2.75) is 51.5 Å². The molecule has 106 valence electrons. The molecule has 1 aromatic carbocycles. The maximum atomic E-state index is 3.50. The Hall–Kier alpha value is -1.02. The molecular formula is C17H28N2. The number of para-hydroxylation sites is 1. The lowest BCUT2D eigenvalue weighted by atomic mass is 9.84. The first-order valence-corrected chi connectivity index (χ1v) is 7.39. The van der Waals surface area contributed by atoms with Gasteiger partial charge in [-0.05, 0) is 43.9 Å². The van der Waals surface area contributed by atoms with Gasteiger partial charge < -0.3 is 10.2 Å². The second-order valence-corrected chi connectivity index (χ2v) is 7.10. The van der Waals surface area contributed by atoms with E-state index in [9.17, 15) is 0 Å². The Morgan fingerprint density at radius 1 is 1.21 bits per heavy atom. The molecule has 1 aromatic rings. The van der Waals surface area contributed by atoms with Gasteiger partial charge >= 0.3 is 0 Å². The standard InChI is InChI=1S/C17H28N2/c1-16(2,3)14-9-6-7-10-15(14)19-12-8-11-17(4,13-19)18-5/h6-7,9-10,18H,8,11-13H2,1-5H3. The molecule has 1 heterocycles. The summed E-state index contributed by atoms with van der Waals surface area (Å²) in [6.45, 7) is 11.5. The summed E-state index contributed by atoms with van der Waals surface area (Å²) < 4.78 is 0. The van der Waals surface area contributed by atoms with E-state index in [0.29, 0.717) is 0 Å². The first-order valence-electron chi connectivity index (χ1n) is 7.39. The molecule has 0 radical (unpaired) electrons. The average Bonchev–Trinajstić information content (AvgIpc) is 2.38. The van der Waals surface area contributed by atoms with E-state index in [2.05, 4.69) is 69.2 Å². The van der Waals surface area contributed by atoms with Crippen LogP contribution in [-0.2, 0) is 5.41 Å². The fourth-order valence-corrected chi connectivity index (χ4v) is 3.03. The molecule has 0 aromatic heterocycles. The average molecular weight is 260 g/mol. The maximum Gasteiger partial charge on any atom is 0.0404 e. The van der Waals surface area contributed by atoms with Gasteiger partial charge in [0.2, 0.25) is 0 Å². The highest BCUT2D eigenvalue weighted by Crippen LogP contribution is 2.34. The highest BCUT2D eigenvalue weighted by molar-refractivity contribution is 5.57. The van der Waals surface area contributed by atoms with E-state index in [-0.39, 0.29) is 11.0 Å². The predicted octanol–water partition coefficient (Wildman–Crippen LogP) is 3.56. The lowest BCUT2D eigenvalue weighted by molar-refractivity contribution is 0.315. The van der Waals surface area contributed by atoms with Crippen molar-refractivity contribution in [3.63, 3.8) is 0 Å². The molecule has 1 atom stereocenters.